The van der Waals surface area contributed by atoms with Crippen LogP contribution in [0.4, 0.5) is 0 Å². The molecule has 0 amide bonds. The first kappa shape index (κ1) is 35.4. The lowest BCUT2D eigenvalue weighted by Crippen LogP contribution is -2.67. The Labute approximate surface area is 269 Å². The largest absolute Gasteiger partial charge is 0.394 e. The number of ether oxygens (including phenoxy) is 2. The average molecular weight is 637 g/mol. The number of ketones is 1. The van der Waals surface area contributed by atoms with Crippen molar-refractivity contribution in [3.63, 3.8) is 0 Å². The van der Waals surface area contributed by atoms with Crippen LogP contribution in [-0.2, 0) is 14.3 Å². The fraction of sp³-hybridized carbons (Fsp3) is 0.917. The number of hydrogen-bond donors (Lipinski definition) is 6. The normalized spacial score (nSPS) is 49.5. The number of aliphatic hydroxyl groups excluding tert-OH is 5. The van der Waals surface area contributed by atoms with Crippen LogP contribution in [-0.4, -0.2) is 92.0 Å². The van der Waals surface area contributed by atoms with Gasteiger partial charge in [0.2, 0.25) is 0 Å². The van der Waals surface area contributed by atoms with Crippen LogP contribution in [0.2, 0.25) is 0 Å². The van der Waals surface area contributed by atoms with E-state index in [0.29, 0.717) is 37.5 Å². The molecule has 9 heteroatoms. The van der Waals surface area contributed by atoms with Crippen LogP contribution in [0, 0.1) is 45.3 Å². The molecule has 4 aliphatic carbocycles. The van der Waals surface area contributed by atoms with Crippen molar-refractivity contribution in [2.45, 2.75) is 149 Å². The van der Waals surface area contributed by atoms with Crippen molar-refractivity contribution in [2.24, 2.45) is 45.3 Å². The number of rotatable bonds is 8. The molecule has 1 heterocycles. The molecule has 4 saturated carbocycles. The molecule has 0 aromatic heterocycles. The number of carbonyl (C=O) groups excluding carboxylic acids is 1. The molecule has 0 bridgehead atoms. The highest BCUT2D eigenvalue weighted by Gasteiger charge is 2.71. The molecule has 5 aliphatic rings. The summed E-state index contributed by atoms with van der Waals surface area (Å²) >= 11 is 0. The molecule has 0 radical (unpaired) electrons. The predicted molar refractivity (Wildman–Crippen MR) is 169 cm³/mol. The summed E-state index contributed by atoms with van der Waals surface area (Å²) in [6.07, 6.45) is 2.53. The van der Waals surface area contributed by atoms with E-state index in [1.54, 1.807) is 0 Å². The molecule has 0 aromatic rings. The van der Waals surface area contributed by atoms with E-state index in [9.17, 15) is 35.4 Å². The minimum absolute atomic E-state index is 0.00384. The minimum Gasteiger partial charge on any atom is -0.394 e. The summed E-state index contributed by atoms with van der Waals surface area (Å²) in [6, 6.07) is 0. The van der Waals surface area contributed by atoms with Gasteiger partial charge in [0.1, 0.15) is 30.2 Å². The molecule has 258 valence electrons. The monoisotopic (exact) mass is 636 g/mol. The maximum absolute atomic E-state index is 13.0. The second-order valence-corrected chi connectivity index (χ2v) is 17.1. The van der Waals surface area contributed by atoms with E-state index < -0.39 is 54.4 Å². The Morgan fingerprint density at radius 1 is 1.00 bits per heavy atom. The van der Waals surface area contributed by atoms with Gasteiger partial charge >= 0.3 is 0 Å². The van der Waals surface area contributed by atoms with Crippen LogP contribution in [0.3, 0.4) is 0 Å². The lowest BCUT2D eigenvalue weighted by Gasteiger charge is -2.70. The maximum atomic E-state index is 13.0. The molecule has 5 fully saturated rings. The summed E-state index contributed by atoms with van der Waals surface area (Å²) in [5, 5.41) is 63.4. The van der Waals surface area contributed by atoms with Crippen molar-refractivity contribution in [1.29, 1.82) is 0 Å². The molecule has 14 atom stereocenters. The van der Waals surface area contributed by atoms with Crippen molar-refractivity contribution in [2.75, 3.05) is 13.2 Å². The van der Waals surface area contributed by atoms with E-state index in [1.165, 1.54) is 0 Å². The number of Topliss-reactive ketones (excluding diaryl/α,β-unsaturated/α-hetero) is 1. The Bertz CT molecular complexity index is 1130. The molecule has 6 N–H and O–H groups in total. The van der Waals surface area contributed by atoms with Crippen molar-refractivity contribution < 1.29 is 44.9 Å². The predicted octanol–water partition coefficient (Wildman–Crippen LogP) is 3.51. The van der Waals surface area contributed by atoms with E-state index in [2.05, 4.69) is 34.6 Å². The molecule has 1 aliphatic heterocycles. The summed E-state index contributed by atoms with van der Waals surface area (Å²) in [6.45, 7) is 14.8. The van der Waals surface area contributed by atoms with Crippen LogP contribution in [0.25, 0.3) is 0 Å². The zero-order valence-electron chi connectivity index (χ0n) is 28.5. The summed E-state index contributed by atoms with van der Waals surface area (Å²) in [5.41, 5.74) is -0.646. The van der Waals surface area contributed by atoms with Crippen molar-refractivity contribution in [3.8, 4) is 0 Å². The van der Waals surface area contributed by atoms with Gasteiger partial charge < -0.3 is 40.1 Å². The fourth-order valence-electron chi connectivity index (χ4n) is 11.8. The Kier molecular flexibility index (Phi) is 9.60. The number of aliphatic hydroxyl groups is 6. The molecule has 0 aromatic carbocycles. The molecule has 5 rings (SSSR count). The number of allylic oxidation sites excluding steroid dienone is 1. The summed E-state index contributed by atoms with van der Waals surface area (Å²) < 4.78 is 11.1. The molecular weight excluding hydrogens is 576 g/mol. The maximum Gasteiger partial charge on any atom is 0.187 e. The first-order valence-corrected chi connectivity index (χ1v) is 17.4. The van der Waals surface area contributed by atoms with Crippen molar-refractivity contribution >= 4 is 5.78 Å². The van der Waals surface area contributed by atoms with Crippen molar-refractivity contribution in [1.82, 2.24) is 0 Å². The lowest BCUT2D eigenvalue weighted by molar-refractivity contribution is -0.299. The van der Waals surface area contributed by atoms with Crippen LogP contribution in [0.5, 0.6) is 0 Å². The zero-order chi connectivity index (χ0) is 33.3. The van der Waals surface area contributed by atoms with Gasteiger partial charge in [0, 0.05) is 17.8 Å². The third kappa shape index (κ3) is 5.59. The third-order valence-corrected chi connectivity index (χ3v) is 14.3. The second-order valence-electron chi connectivity index (χ2n) is 17.1. The SMILES string of the molecule is CC(=CCCC(C)(O)C1CCC2(C)C1CCC1C3(C)CCC(=O)C(C)(C)C3C(O)CC12C)COC1OC(CO)C(O)C(O)C1O. The van der Waals surface area contributed by atoms with Crippen LogP contribution >= 0.6 is 0 Å². The highest BCUT2D eigenvalue weighted by atomic mass is 16.7. The number of fused-ring (bicyclic) bond motifs is 5. The summed E-state index contributed by atoms with van der Waals surface area (Å²) in [4.78, 5) is 13.0. The van der Waals surface area contributed by atoms with Gasteiger partial charge in [-0.2, -0.15) is 0 Å². The second kappa shape index (κ2) is 12.2. The highest BCUT2D eigenvalue weighted by Crippen LogP contribution is 2.75. The molecule has 9 nitrogen and oxygen atoms in total. The topological polar surface area (TPSA) is 157 Å². The van der Waals surface area contributed by atoms with Gasteiger partial charge in [-0.05, 0) is 99.2 Å². The smallest absolute Gasteiger partial charge is 0.187 e. The van der Waals surface area contributed by atoms with Crippen LogP contribution < -0.4 is 0 Å². The van der Waals surface area contributed by atoms with E-state index in [0.717, 1.165) is 37.7 Å². The molecule has 14 unspecified atom stereocenters. The van der Waals surface area contributed by atoms with Gasteiger partial charge in [0.05, 0.1) is 24.9 Å². The van der Waals surface area contributed by atoms with Crippen LogP contribution in [0.1, 0.15) is 106 Å². The van der Waals surface area contributed by atoms with Gasteiger partial charge in [-0.15, -0.1) is 0 Å². The fourth-order valence-corrected chi connectivity index (χ4v) is 11.8. The Balaban J connectivity index is 1.23. The van der Waals surface area contributed by atoms with Gasteiger partial charge in [0.15, 0.2) is 6.29 Å². The Morgan fingerprint density at radius 3 is 2.36 bits per heavy atom. The summed E-state index contributed by atoms with van der Waals surface area (Å²) in [7, 11) is 0. The number of hydrogen-bond acceptors (Lipinski definition) is 9. The molecule has 45 heavy (non-hydrogen) atoms. The first-order valence-electron chi connectivity index (χ1n) is 17.4. The number of carbonyl (C=O) groups is 1. The molecule has 0 spiro atoms. The average Bonchev–Trinajstić information content (AvgIpc) is 3.32. The van der Waals surface area contributed by atoms with E-state index >= 15 is 0 Å². The summed E-state index contributed by atoms with van der Waals surface area (Å²) in [5.74, 6) is 1.22. The Morgan fingerprint density at radius 2 is 1.69 bits per heavy atom. The third-order valence-electron chi connectivity index (χ3n) is 14.3. The van der Waals surface area contributed by atoms with Crippen LogP contribution in [0.15, 0.2) is 11.6 Å². The van der Waals surface area contributed by atoms with Crippen molar-refractivity contribution in [3.05, 3.63) is 11.6 Å². The van der Waals surface area contributed by atoms with Gasteiger partial charge in [-0.1, -0.05) is 46.3 Å². The van der Waals surface area contributed by atoms with Gasteiger partial charge in [-0.3, -0.25) is 4.79 Å². The highest BCUT2D eigenvalue weighted by molar-refractivity contribution is 5.85. The molecule has 1 saturated heterocycles. The van der Waals surface area contributed by atoms with E-state index in [4.69, 9.17) is 9.47 Å². The van der Waals surface area contributed by atoms with E-state index in [1.807, 2.05) is 19.9 Å². The standard InChI is InChI=1S/C36H60O9/c1-20(19-44-31-29(42)28(41)27(40)24(18-37)45-31)9-8-14-36(7,43)22-12-16-34(5)21(22)10-11-25-33(4)15-13-26(39)32(2,3)30(33)23(38)17-35(25,34)6/h9,21-25,27-31,37-38,40-43H,8,10-19H2,1-7H3. The quantitative estimate of drug-likeness (QED) is 0.220. The zero-order valence-corrected chi connectivity index (χ0v) is 28.5. The minimum atomic E-state index is -1.48. The van der Waals surface area contributed by atoms with Gasteiger partial charge in [0.25, 0.3) is 0 Å². The van der Waals surface area contributed by atoms with Gasteiger partial charge in [-0.25, -0.2) is 0 Å². The van der Waals surface area contributed by atoms with E-state index in [-0.39, 0.29) is 40.5 Å². The molecular formula is C36H60O9. The first-order chi connectivity index (χ1) is 20.8. The Hall–Kier alpha value is -0.910. The lowest BCUT2D eigenvalue weighted by atomic mass is 9.35.